The molecule has 2 heteroatoms. The van der Waals surface area contributed by atoms with Crippen molar-refractivity contribution in [3.8, 4) is 0 Å². The van der Waals surface area contributed by atoms with Crippen LogP contribution >= 0.6 is 0 Å². The quantitative estimate of drug-likeness (QED) is 0.589. The van der Waals surface area contributed by atoms with Gasteiger partial charge >= 0.3 is 0 Å². The van der Waals surface area contributed by atoms with Crippen LogP contribution in [-0.4, -0.2) is 29.1 Å². The number of rotatable bonds is 0. The molecule has 70 valence electrons. The zero-order chi connectivity index (χ0) is 8.93. The molecule has 0 radical (unpaired) electrons. The predicted molar refractivity (Wildman–Crippen MR) is 50.9 cm³/mol. The zero-order valence-corrected chi connectivity index (χ0v) is 8.38. The van der Waals surface area contributed by atoms with E-state index in [1.807, 2.05) is 0 Å². The predicted octanol–water partition coefficient (Wildman–Crippen LogP) is 1.21. The van der Waals surface area contributed by atoms with Crippen molar-refractivity contribution in [2.24, 2.45) is 11.7 Å². The fourth-order valence-corrected chi connectivity index (χ4v) is 2.81. The largest absolute Gasteiger partial charge is 0.327 e. The van der Waals surface area contributed by atoms with Crippen LogP contribution in [0, 0.1) is 5.92 Å². The van der Waals surface area contributed by atoms with Gasteiger partial charge in [-0.25, -0.2) is 0 Å². The van der Waals surface area contributed by atoms with Crippen molar-refractivity contribution < 1.29 is 0 Å². The van der Waals surface area contributed by atoms with Crippen molar-refractivity contribution in [3.63, 3.8) is 0 Å². The molecule has 2 fully saturated rings. The molecule has 0 aromatic rings. The molecule has 1 heterocycles. The molecule has 0 aromatic carbocycles. The van der Waals surface area contributed by atoms with Gasteiger partial charge in [-0.1, -0.05) is 0 Å². The van der Waals surface area contributed by atoms with E-state index in [0.29, 0.717) is 11.6 Å². The summed E-state index contributed by atoms with van der Waals surface area (Å²) >= 11 is 0. The smallest absolute Gasteiger partial charge is 0.0128 e. The van der Waals surface area contributed by atoms with E-state index >= 15 is 0 Å². The summed E-state index contributed by atoms with van der Waals surface area (Å²) in [5.74, 6) is 0.786. The van der Waals surface area contributed by atoms with Crippen LogP contribution in [0.3, 0.4) is 0 Å². The maximum Gasteiger partial charge on any atom is 0.0128 e. The van der Waals surface area contributed by atoms with Crippen molar-refractivity contribution >= 4 is 0 Å². The maximum absolute atomic E-state index is 6.00. The summed E-state index contributed by atoms with van der Waals surface area (Å²) < 4.78 is 0. The number of nitrogens with two attached hydrogens (primary N) is 1. The highest BCUT2D eigenvalue weighted by atomic mass is 15.3. The van der Waals surface area contributed by atoms with Gasteiger partial charge < -0.3 is 5.73 Å². The monoisotopic (exact) mass is 168 g/mol. The summed E-state index contributed by atoms with van der Waals surface area (Å²) in [4.78, 5) is 2.63. The van der Waals surface area contributed by atoms with E-state index < -0.39 is 0 Å². The van der Waals surface area contributed by atoms with Crippen LogP contribution in [-0.2, 0) is 0 Å². The Labute approximate surface area is 75.1 Å². The number of likely N-dealkylation sites (tertiary alicyclic amines) is 1. The van der Waals surface area contributed by atoms with Gasteiger partial charge in [0.15, 0.2) is 0 Å². The first kappa shape index (κ1) is 8.52. The number of piperidine rings is 1. The van der Waals surface area contributed by atoms with Gasteiger partial charge in [-0.2, -0.15) is 0 Å². The van der Waals surface area contributed by atoms with Gasteiger partial charge in [0.25, 0.3) is 0 Å². The third-order valence-electron chi connectivity index (χ3n) is 3.46. The average Bonchev–Trinajstić information content (AvgIpc) is 2.41. The van der Waals surface area contributed by atoms with E-state index in [-0.39, 0.29) is 0 Å². The Morgan fingerprint density at radius 3 is 2.25 bits per heavy atom. The Morgan fingerprint density at radius 2 is 1.92 bits per heavy atom. The lowest BCUT2D eigenvalue weighted by Crippen LogP contribution is -2.50. The number of fused-ring (bicyclic) bond motifs is 2. The first-order chi connectivity index (χ1) is 5.48. The minimum absolute atomic E-state index is 0.347. The standard InChI is InChI=1S/C10H20N2/c1-10(2,3)12-6-7-4-8(12)5-9(7)11/h7-9H,4-6,11H2,1-3H3/t7-,8-,9?/m0/s1. The van der Waals surface area contributed by atoms with Crippen molar-refractivity contribution in [1.29, 1.82) is 0 Å². The highest BCUT2D eigenvalue weighted by Crippen LogP contribution is 2.40. The summed E-state index contributed by atoms with van der Waals surface area (Å²) in [5.41, 5.74) is 6.35. The van der Waals surface area contributed by atoms with Gasteiger partial charge in [0.1, 0.15) is 0 Å². The Kier molecular flexibility index (Phi) is 1.74. The van der Waals surface area contributed by atoms with E-state index in [1.165, 1.54) is 19.4 Å². The first-order valence-corrected chi connectivity index (χ1v) is 5.01. The lowest BCUT2D eigenvalue weighted by atomic mass is 9.98. The van der Waals surface area contributed by atoms with Gasteiger partial charge in [-0.3, -0.25) is 4.90 Å². The molecule has 1 aliphatic heterocycles. The molecule has 1 saturated carbocycles. The van der Waals surface area contributed by atoms with Crippen LogP contribution in [0.2, 0.25) is 0 Å². The maximum atomic E-state index is 6.00. The molecular formula is C10H20N2. The molecule has 2 nitrogen and oxygen atoms in total. The zero-order valence-electron chi connectivity index (χ0n) is 8.38. The average molecular weight is 168 g/mol. The van der Waals surface area contributed by atoms with Crippen LogP contribution in [0.1, 0.15) is 33.6 Å². The molecule has 2 aliphatic rings. The summed E-state index contributed by atoms with van der Waals surface area (Å²) in [5, 5.41) is 0. The highest BCUT2D eigenvalue weighted by Gasteiger charge is 2.46. The van der Waals surface area contributed by atoms with Crippen molar-refractivity contribution in [2.45, 2.75) is 51.2 Å². The molecule has 0 amide bonds. The van der Waals surface area contributed by atoms with Gasteiger partial charge in [-0.05, 0) is 39.5 Å². The Hall–Kier alpha value is -0.0800. The molecular weight excluding hydrogens is 148 g/mol. The third kappa shape index (κ3) is 1.17. The topological polar surface area (TPSA) is 29.3 Å². The van der Waals surface area contributed by atoms with E-state index in [0.717, 1.165) is 12.0 Å². The number of hydrogen-bond donors (Lipinski definition) is 1. The molecule has 2 rings (SSSR count). The van der Waals surface area contributed by atoms with E-state index in [1.54, 1.807) is 0 Å². The normalized spacial score (nSPS) is 42.5. The van der Waals surface area contributed by atoms with Crippen LogP contribution in [0.4, 0.5) is 0 Å². The molecule has 2 bridgehead atoms. The minimum Gasteiger partial charge on any atom is -0.327 e. The van der Waals surface area contributed by atoms with Gasteiger partial charge in [0.2, 0.25) is 0 Å². The molecule has 0 spiro atoms. The second-order valence-electron chi connectivity index (χ2n) is 5.37. The molecule has 1 unspecified atom stereocenters. The highest BCUT2D eigenvalue weighted by molar-refractivity contribution is 5.02. The molecule has 0 aromatic heterocycles. The lowest BCUT2D eigenvalue weighted by Gasteiger charge is -2.40. The third-order valence-corrected chi connectivity index (χ3v) is 3.46. The van der Waals surface area contributed by atoms with Crippen molar-refractivity contribution in [1.82, 2.24) is 4.90 Å². The molecule has 2 N–H and O–H groups in total. The SMILES string of the molecule is CC(C)(C)N1C[C@@H]2C[C@H]1CC2N. The Morgan fingerprint density at radius 1 is 1.25 bits per heavy atom. The number of nitrogens with zero attached hydrogens (tertiary/aromatic N) is 1. The van der Waals surface area contributed by atoms with E-state index in [9.17, 15) is 0 Å². The fourth-order valence-electron chi connectivity index (χ4n) is 2.81. The molecule has 12 heavy (non-hydrogen) atoms. The van der Waals surface area contributed by atoms with Crippen molar-refractivity contribution in [3.05, 3.63) is 0 Å². The van der Waals surface area contributed by atoms with Crippen LogP contribution < -0.4 is 5.73 Å². The Balaban J connectivity index is 2.08. The van der Waals surface area contributed by atoms with E-state index in [2.05, 4.69) is 25.7 Å². The van der Waals surface area contributed by atoms with Crippen LogP contribution in [0.25, 0.3) is 0 Å². The summed E-state index contributed by atoms with van der Waals surface area (Å²) in [6, 6.07) is 1.28. The van der Waals surface area contributed by atoms with Gasteiger partial charge in [0.05, 0.1) is 0 Å². The van der Waals surface area contributed by atoms with E-state index in [4.69, 9.17) is 5.73 Å². The second kappa shape index (κ2) is 2.46. The summed E-state index contributed by atoms with van der Waals surface area (Å²) in [6.07, 6.45) is 2.57. The van der Waals surface area contributed by atoms with Crippen molar-refractivity contribution in [2.75, 3.05) is 6.54 Å². The summed E-state index contributed by atoms with van der Waals surface area (Å²) in [7, 11) is 0. The molecule has 1 saturated heterocycles. The summed E-state index contributed by atoms with van der Waals surface area (Å²) in [6.45, 7) is 8.15. The number of hydrogen-bond acceptors (Lipinski definition) is 2. The second-order valence-corrected chi connectivity index (χ2v) is 5.37. The van der Waals surface area contributed by atoms with Gasteiger partial charge in [-0.15, -0.1) is 0 Å². The fraction of sp³-hybridized carbons (Fsp3) is 1.00. The Bertz CT molecular complexity index is 181. The molecule has 1 aliphatic carbocycles. The first-order valence-electron chi connectivity index (χ1n) is 5.01. The van der Waals surface area contributed by atoms with Crippen LogP contribution in [0.5, 0.6) is 0 Å². The van der Waals surface area contributed by atoms with Crippen LogP contribution in [0.15, 0.2) is 0 Å². The molecule has 3 atom stereocenters. The minimum atomic E-state index is 0.347. The lowest BCUT2D eigenvalue weighted by molar-refractivity contribution is 0.0912. The van der Waals surface area contributed by atoms with Gasteiger partial charge in [0, 0.05) is 24.2 Å².